The topological polar surface area (TPSA) is 111 Å². The average Bonchev–Trinajstić information content (AvgIpc) is 3.48. The minimum absolute atomic E-state index is 0.0965. The normalized spacial score (nSPS) is 17.7. The summed E-state index contributed by atoms with van der Waals surface area (Å²) in [7, 11) is 2.98. The predicted octanol–water partition coefficient (Wildman–Crippen LogP) is 3.54. The zero-order chi connectivity index (χ0) is 29.1. The lowest BCUT2D eigenvalue weighted by Gasteiger charge is -2.34. The number of carbonyl (C=O) groups is 1. The number of anilines is 1. The van der Waals surface area contributed by atoms with Crippen molar-refractivity contribution < 1.29 is 19.0 Å². The highest BCUT2D eigenvalue weighted by Gasteiger charge is 2.24. The first-order valence-electron chi connectivity index (χ1n) is 13.6. The highest BCUT2D eigenvalue weighted by Crippen LogP contribution is 2.45. The summed E-state index contributed by atoms with van der Waals surface area (Å²) < 4.78 is 18.0. The molecule has 0 aliphatic carbocycles. The Bertz CT molecular complexity index is 1460. The molecule has 0 saturated carbocycles. The molecule has 13 heteroatoms. The molecule has 1 N–H and O–H groups in total. The van der Waals surface area contributed by atoms with Gasteiger partial charge in [0.2, 0.25) is 11.9 Å². The van der Waals surface area contributed by atoms with Crippen molar-refractivity contribution in [1.29, 1.82) is 0 Å². The number of hydrogen-bond donors (Lipinski definition) is 1. The summed E-state index contributed by atoms with van der Waals surface area (Å²) in [6, 6.07) is 3.42. The summed E-state index contributed by atoms with van der Waals surface area (Å²) in [4.78, 5) is 39.3. The van der Waals surface area contributed by atoms with Gasteiger partial charge in [-0.1, -0.05) is 23.2 Å². The highest BCUT2D eigenvalue weighted by atomic mass is 35.5. The Labute approximate surface area is 248 Å². The third-order valence-corrected chi connectivity index (χ3v) is 8.36. The molecule has 11 nitrogen and oxygen atoms in total. The summed E-state index contributed by atoms with van der Waals surface area (Å²) in [5.74, 6) is 1.22. The number of benzene rings is 1. The summed E-state index contributed by atoms with van der Waals surface area (Å²) in [6.07, 6.45) is 3.25. The zero-order valence-electron chi connectivity index (χ0n) is 23.4. The van der Waals surface area contributed by atoms with Crippen molar-refractivity contribution in [2.75, 3.05) is 65.5 Å². The fraction of sp³-hybridized carbons (Fsp3) is 0.500. The van der Waals surface area contributed by atoms with E-state index in [4.69, 9.17) is 42.4 Å². The number of piperazine rings is 1. The predicted molar refractivity (Wildman–Crippen MR) is 159 cm³/mol. The minimum Gasteiger partial charge on any atom is -0.495 e. The van der Waals surface area contributed by atoms with Crippen molar-refractivity contribution in [1.82, 2.24) is 24.3 Å². The Morgan fingerprint density at radius 1 is 1.10 bits per heavy atom. The molecule has 2 fully saturated rings. The Morgan fingerprint density at radius 2 is 1.80 bits per heavy atom. The molecule has 2 aromatic heterocycles. The number of aryl methyl sites for hydroxylation is 1. The van der Waals surface area contributed by atoms with Crippen LogP contribution in [0.3, 0.4) is 0 Å². The minimum atomic E-state index is -0.285. The van der Waals surface area contributed by atoms with Crippen LogP contribution in [0.1, 0.15) is 19.8 Å². The maximum Gasteiger partial charge on any atom is 0.260 e. The molecule has 3 aromatic rings. The van der Waals surface area contributed by atoms with E-state index in [1.807, 2.05) is 4.90 Å². The number of hydrogen-bond acceptors (Lipinski definition) is 9. The molecule has 2 aliphatic heterocycles. The molecule has 2 aliphatic rings. The molecule has 0 radical (unpaired) electrons. The first-order chi connectivity index (χ1) is 19.8. The van der Waals surface area contributed by atoms with E-state index in [9.17, 15) is 9.59 Å². The van der Waals surface area contributed by atoms with Crippen molar-refractivity contribution >= 4 is 46.1 Å². The van der Waals surface area contributed by atoms with Gasteiger partial charge in [0.25, 0.3) is 5.56 Å². The van der Waals surface area contributed by atoms with Crippen molar-refractivity contribution in [3.8, 4) is 22.6 Å². The van der Waals surface area contributed by atoms with Gasteiger partial charge >= 0.3 is 0 Å². The quantitative estimate of drug-likeness (QED) is 0.392. The number of fused-ring (bicyclic) bond motifs is 1. The number of pyridine rings is 1. The van der Waals surface area contributed by atoms with E-state index in [0.717, 1.165) is 26.1 Å². The molecule has 1 aromatic carbocycles. The number of amides is 1. The maximum atomic E-state index is 14.1. The molecule has 1 amide bonds. The van der Waals surface area contributed by atoms with Crippen LogP contribution >= 0.6 is 23.2 Å². The number of ether oxygens (including phenoxy) is 3. The molecule has 1 atom stereocenters. The number of methoxy groups -OCH3 is 2. The fourth-order valence-corrected chi connectivity index (χ4v) is 6.01. The largest absolute Gasteiger partial charge is 0.495 e. The number of halogens is 2. The molecule has 0 spiro atoms. The Hall–Kier alpha value is -3.12. The second kappa shape index (κ2) is 12.8. The van der Waals surface area contributed by atoms with E-state index in [1.54, 1.807) is 29.8 Å². The molecule has 0 unspecified atom stereocenters. The summed E-state index contributed by atoms with van der Waals surface area (Å²) in [5, 5.41) is 4.41. The summed E-state index contributed by atoms with van der Waals surface area (Å²) in [5.41, 5.74) is 0.856. The van der Waals surface area contributed by atoms with Gasteiger partial charge in [0.1, 0.15) is 17.1 Å². The van der Waals surface area contributed by atoms with Gasteiger partial charge in [-0.25, -0.2) is 4.98 Å². The van der Waals surface area contributed by atoms with Gasteiger partial charge in [0.05, 0.1) is 42.5 Å². The van der Waals surface area contributed by atoms with Gasteiger partial charge in [-0.05, 0) is 25.5 Å². The molecule has 41 heavy (non-hydrogen) atoms. The van der Waals surface area contributed by atoms with Gasteiger partial charge in [0, 0.05) is 69.5 Å². The lowest BCUT2D eigenvalue weighted by Crippen LogP contribution is -2.48. The molecule has 4 heterocycles. The second-order valence-corrected chi connectivity index (χ2v) is 10.9. The van der Waals surface area contributed by atoms with Crippen LogP contribution in [0.2, 0.25) is 10.0 Å². The van der Waals surface area contributed by atoms with Gasteiger partial charge in [-0.15, -0.1) is 0 Å². The fourth-order valence-electron chi connectivity index (χ4n) is 5.31. The van der Waals surface area contributed by atoms with E-state index in [-0.39, 0.29) is 27.6 Å². The Kier molecular flexibility index (Phi) is 9.18. The maximum absolute atomic E-state index is 14.1. The van der Waals surface area contributed by atoms with E-state index in [1.165, 1.54) is 14.2 Å². The summed E-state index contributed by atoms with van der Waals surface area (Å²) >= 11 is 13.4. The van der Waals surface area contributed by atoms with Crippen LogP contribution in [0.25, 0.3) is 22.2 Å². The van der Waals surface area contributed by atoms with Crippen LogP contribution in [0.4, 0.5) is 5.95 Å². The third kappa shape index (κ3) is 6.23. The van der Waals surface area contributed by atoms with Crippen molar-refractivity contribution in [3.63, 3.8) is 0 Å². The van der Waals surface area contributed by atoms with Crippen LogP contribution in [-0.2, 0) is 16.1 Å². The van der Waals surface area contributed by atoms with Crippen LogP contribution < -0.4 is 20.3 Å². The number of rotatable bonds is 9. The van der Waals surface area contributed by atoms with Crippen molar-refractivity contribution in [3.05, 3.63) is 38.7 Å². The lowest BCUT2D eigenvalue weighted by molar-refractivity contribution is -0.130. The lowest BCUT2D eigenvalue weighted by atomic mass is 10.0. The molecule has 5 rings (SSSR count). The number of nitrogens with zero attached hydrogens (tertiary/aromatic N) is 5. The second-order valence-electron chi connectivity index (χ2n) is 10.2. The number of carbonyl (C=O) groups excluding carboxylic acids is 1. The zero-order valence-corrected chi connectivity index (χ0v) is 24.9. The first-order valence-corrected chi connectivity index (χ1v) is 14.4. The average molecular weight is 606 g/mol. The van der Waals surface area contributed by atoms with Gasteiger partial charge < -0.3 is 24.4 Å². The number of aromatic nitrogens is 3. The molecule has 0 bridgehead atoms. The monoisotopic (exact) mass is 604 g/mol. The van der Waals surface area contributed by atoms with E-state index in [2.05, 4.69) is 15.2 Å². The molecular formula is C28H34Cl2N6O5. The Morgan fingerprint density at radius 3 is 2.41 bits per heavy atom. The molecular weight excluding hydrogens is 571 g/mol. The first kappa shape index (κ1) is 29.4. The van der Waals surface area contributed by atoms with Gasteiger partial charge in [0.15, 0.2) is 0 Å². The molecule has 220 valence electrons. The van der Waals surface area contributed by atoms with Crippen LogP contribution in [0, 0.1) is 0 Å². The van der Waals surface area contributed by atoms with E-state index >= 15 is 0 Å². The van der Waals surface area contributed by atoms with Crippen molar-refractivity contribution in [2.45, 2.75) is 32.4 Å². The van der Waals surface area contributed by atoms with Crippen molar-refractivity contribution in [2.24, 2.45) is 0 Å². The van der Waals surface area contributed by atoms with Crippen LogP contribution in [0.5, 0.6) is 11.5 Å². The smallest absolute Gasteiger partial charge is 0.260 e. The van der Waals surface area contributed by atoms with E-state index in [0.29, 0.717) is 78.9 Å². The summed E-state index contributed by atoms with van der Waals surface area (Å²) in [6.45, 7) is 7.05. The molecule has 2 saturated heterocycles. The Balaban J connectivity index is 1.52. The van der Waals surface area contributed by atoms with Crippen LogP contribution in [0.15, 0.2) is 23.1 Å². The van der Waals surface area contributed by atoms with E-state index < -0.39 is 0 Å². The standard InChI is InChI=1S/C28H34Cl2N6O5/c1-17(37)35-10-8-34(9-11-35)6-4-7-36-26-18(15-31-28(33-26)32-19-5-12-41-16-19)13-20(27(36)38)23-24(29)21(39-2)14-22(40-3)25(23)30/h13-15,19H,4-12,16H2,1-3H3,(H,31,32,33)/t19-/m0/s1. The van der Waals surface area contributed by atoms with Gasteiger partial charge in [-0.2, -0.15) is 4.98 Å². The third-order valence-electron chi connectivity index (χ3n) is 7.61. The highest BCUT2D eigenvalue weighted by molar-refractivity contribution is 6.41. The number of nitrogens with one attached hydrogen (secondary N) is 1. The van der Waals surface area contributed by atoms with Crippen LogP contribution in [-0.4, -0.2) is 96.4 Å². The van der Waals surface area contributed by atoms with Gasteiger partial charge in [-0.3, -0.25) is 19.1 Å². The SMILES string of the molecule is COc1cc(OC)c(Cl)c(-c2cc3cnc(N[C@H]4CCOC4)nc3n(CCCN3CCN(C(C)=O)CC3)c2=O)c1Cl.